The molecule has 128 valence electrons. The molecular weight excluding hydrogens is 326 g/mol. The Hall–Kier alpha value is -2.28. The summed E-state index contributed by atoms with van der Waals surface area (Å²) in [7, 11) is 0. The molecule has 1 unspecified atom stereocenters. The maximum Gasteiger partial charge on any atom is 0.354 e. The van der Waals surface area contributed by atoms with Crippen LogP contribution in [-0.2, 0) is 11.2 Å². The van der Waals surface area contributed by atoms with Gasteiger partial charge in [0.2, 0.25) is 0 Å². The molecule has 1 aliphatic rings. The van der Waals surface area contributed by atoms with Crippen molar-refractivity contribution in [3.05, 3.63) is 39.8 Å². The molecule has 0 aromatic carbocycles. The van der Waals surface area contributed by atoms with E-state index in [1.165, 1.54) is 10.4 Å². The fraction of sp³-hybridized carbons (Fsp3) is 0.412. The number of aromatic nitrogens is 1. The van der Waals surface area contributed by atoms with Crippen LogP contribution in [0.4, 0.5) is 10.5 Å². The topological polar surface area (TPSA) is 74.4 Å². The highest BCUT2D eigenvalue weighted by Crippen LogP contribution is 2.35. The first kappa shape index (κ1) is 16.6. The molecule has 0 fully saturated rings. The van der Waals surface area contributed by atoms with Crippen LogP contribution in [-0.4, -0.2) is 35.0 Å². The molecule has 24 heavy (non-hydrogen) atoms. The van der Waals surface area contributed by atoms with Crippen molar-refractivity contribution in [2.75, 3.05) is 18.5 Å². The number of rotatable bonds is 4. The molecule has 0 radical (unpaired) electrons. The fourth-order valence-corrected chi connectivity index (χ4v) is 4.00. The number of nitrogens with one attached hydrogen (secondary N) is 2. The standard InChI is InChI=1S/C17H21N3O3S/c1-3-14-12-6-8-24-15(12)5-7-20(14)17(22)19-11-9-13(18-10-11)16(21)23-4-2/h6,8-10,14,18H,3-5,7H2,1-2H3,(H,19,22). The highest BCUT2D eigenvalue weighted by molar-refractivity contribution is 7.10. The van der Waals surface area contributed by atoms with E-state index in [1.54, 1.807) is 30.5 Å². The quantitative estimate of drug-likeness (QED) is 0.826. The number of ether oxygens (including phenoxy) is 1. The summed E-state index contributed by atoms with van der Waals surface area (Å²) in [6.45, 7) is 4.86. The van der Waals surface area contributed by atoms with E-state index in [2.05, 4.69) is 28.7 Å². The lowest BCUT2D eigenvalue weighted by atomic mass is 9.98. The molecule has 2 amide bonds. The zero-order valence-corrected chi connectivity index (χ0v) is 14.6. The third kappa shape index (κ3) is 3.17. The van der Waals surface area contributed by atoms with Crippen LogP contribution < -0.4 is 5.32 Å². The van der Waals surface area contributed by atoms with Crippen molar-refractivity contribution in [1.82, 2.24) is 9.88 Å². The summed E-state index contributed by atoms with van der Waals surface area (Å²) in [6, 6.07) is 3.66. The van der Waals surface area contributed by atoms with Crippen LogP contribution in [0, 0.1) is 0 Å². The molecule has 1 atom stereocenters. The SMILES string of the molecule is CCOC(=O)c1cc(NC(=O)N2CCc3sccc3C2CC)c[nH]1. The van der Waals surface area contributed by atoms with Crippen LogP contribution in [0.2, 0.25) is 0 Å². The lowest BCUT2D eigenvalue weighted by molar-refractivity contribution is 0.0520. The molecule has 0 bridgehead atoms. The number of aromatic amines is 1. The first-order chi connectivity index (χ1) is 11.6. The number of amides is 2. The van der Waals surface area contributed by atoms with Gasteiger partial charge in [0.05, 0.1) is 18.3 Å². The minimum Gasteiger partial charge on any atom is -0.461 e. The Labute approximate surface area is 144 Å². The molecule has 6 nitrogen and oxygen atoms in total. The predicted octanol–water partition coefficient (Wildman–Crippen LogP) is 3.79. The molecule has 0 spiro atoms. The normalized spacial score (nSPS) is 16.6. The zero-order chi connectivity index (χ0) is 17.1. The van der Waals surface area contributed by atoms with E-state index in [0.717, 1.165) is 12.8 Å². The van der Waals surface area contributed by atoms with E-state index >= 15 is 0 Å². The zero-order valence-electron chi connectivity index (χ0n) is 13.8. The van der Waals surface area contributed by atoms with Crippen LogP contribution >= 0.6 is 11.3 Å². The number of fused-ring (bicyclic) bond motifs is 1. The second-order valence-corrected chi connectivity index (χ2v) is 6.62. The Morgan fingerprint density at radius 3 is 3.04 bits per heavy atom. The summed E-state index contributed by atoms with van der Waals surface area (Å²) < 4.78 is 4.94. The van der Waals surface area contributed by atoms with E-state index in [9.17, 15) is 9.59 Å². The van der Waals surface area contributed by atoms with Gasteiger partial charge in [-0.3, -0.25) is 0 Å². The van der Waals surface area contributed by atoms with Gasteiger partial charge in [-0.05, 0) is 42.8 Å². The van der Waals surface area contributed by atoms with Crippen molar-refractivity contribution < 1.29 is 14.3 Å². The van der Waals surface area contributed by atoms with Crippen LogP contribution in [0.25, 0.3) is 0 Å². The van der Waals surface area contributed by atoms with Gasteiger partial charge in [0.15, 0.2) is 0 Å². The number of carbonyl (C=O) groups is 2. The Bertz CT molecular complexity index is 737. The average molecular weight is 347 g/mol. The van der Waals surface area contributed by atoms with Crippen molar-refractivity contribution in [1.29, 1.82) is 0 Å². The number of nitrogens with zero attached hydrogens (tertiary/aromatic N) is 1. The minimum atomic E-state index is -0.426. The van der Waals surface area contributed by atoms with Gasteiger partial charge in [-0.1, -0.05) is 6.92 Å². The van der Waals surface area contributed by atoms with Crippen molar-refractivity contribution in [3.63, 3.8) is 0 Å². The average Bonchev–Trinajstić information content (AvgIpc) is 3.22. The predicted molar refractivity (Wildman–Crippen MR) is 93.5 cm³/mol. The van der Waals surface area contributed by atoms with Gasteiger partial charge >= 0.3 is 12.0 Å². The van der Waals surface area contributed by atoms with Gasteiger partial charge in [0.1, 0.15) is 5.69 Å². The van der Waals surface area contributed by atoms with Gasteiger partial charge in [-0.2, -0.15) is 0 Å². The highest BCUT2D eigenvalue weighted by Gasteiger charge is 2.30. The van der Waals surface area contributed by atoms with Crippen molar-refractivity contribution >= 4 is 29.0 Å². The third-order valence-corrected chi connectivity index (χ3v) is 5.17. The van der Waals surface area contributed by atoms with Crippen molar-refractivity contribution in [2.24, 2.45) is 0 Å². The van der Waals surface area contributed by atoms with Crippen LogP contribution in [0.5, 0.6) is 0 Å². The maximum absolute atomic E-state index is 12.7. The molecule has 7 heteroatoms. The molecule has 1 aliphatic heterocycles. The minimum absolute atomic E-state index is 0.100. The third-order valence-electron chi connectivity index (χ3n) is 4.17. The summed E-state index contributed by atoms with van der Waals surface area (Å²) in [5.74, 6) is -0.426. The van der Waals surface area contributed by atoms with E-state index in [1.807, 2.05) is 4.90 Å². The summed E-state index contributed by atoms with van der Waals surface area (Å²) in [6.07, 6.45) is 3.36. The summed E-state index contributed by atoms with van der Waals surface area (Å²) in [5.41, 5.74) is 2.15. The van der Waals surface area contributed by atoms with E-state index < -0.39 is 5.97 Å². The fourth-order valence-electron chi connectivity index (χ4n) is 3.07. The lowest BCUT2D eigenvalue weighted by Crippen LogP contribution is -2.41. The molecule has 2 N–H and O–H groups in total. The molecular formula is C17H21N3O3S. The number of esters is 1. The molecule has 2 aromatic heterocycles. The first-order valence-electron chi connectivity index (χ1n) is 8.13. The number of thiophene rings is 1. The second-order valence-electron chi connectivity index (χ2n) is 5.62. The summed E-state index contributed by atoms with van der Waals surface area (Å²) >= 11 is 1.76. The van der Waals surface area contributed by atoms with Crippen molar-refractivity contribution in [2.45, 2.75) is 32.7 Å². The smallest absolute Gasteiger partial charge is 0.354 e. The molecule has 3 rings (SSSR count). The van der Waals surface area contributed by atoms with E-state index in [0.29, 0.717) is 24.5 Å². The number of hydrogen-bond acceptors (Lipinski definition) is 4. The van der Waals surface area contributed by atoms with E-state index in [4.69, 9.17) is 4.74 Å². The Morgan fingerprint density at radius 1 is 1.46 bits per heavy atom. The number of H-pyrrole nitrogens is 1. The Morgan fingerprint density at radius 2 is 2.29 bits per heavy atom. The van der Waals surface area contributed by atoms with Gasteiger partial charge in [-0.15, -0.1) is 11.3 Å². The largest absolute Gasteiger partial charge is 0.461 e. The summed E-state index contributed by atoms with van der Waals surface area (Å²) in [4.78, 5) is 30.4. The monoisotopic (exact) mass is 347 g/mol. The number of anilines is 1. The lowest BCUT2D eigenvalue weighted by Gasteiger charge is -2.35. The highest BCUT2D eigenvalue weighted by atomic mass is 32.1. The molecule has 2 aromatic rings. The molecule has 0 saturated carbocycles. The van der Waals surface area contributed by atoms with Crippen LogP contribution in [0.1, 0.15) is 47.2 Å². The Balaban J connectivity index is 1.70. The van der Waals surface area contributed by atoms with Gasteiger partial charge < -0.3 is 19.9 Å². The number of hydrogen-bond donors (Lipinski definition) is 2. The van der Waals surface area contributed by atoms with Crippen molar-refractivity contribution in [3.8, 4) is 0 Å². The number of carbonyl (C=O) groups excluding carboxylic acids is 2. The van der Waals surface area contributed by atoms with Gasteiger partial charge in [0.25, 0.3) is 0 Å². The first-order valence-corrected chi connectivity index (χ1v) is 9.01. The Kier molecular flexibility index (Phi) is 4.89. The maximum atomic E-state index is 12.7. The van der Waals surface area contributed by atoms with E-state index in [-0.39, 0.29) is 12.1 Å². The molecule has 0 saturated heterocycles. The van der Waals surface area contributed by atoms with Crippen LogP contribution in [0.15, 0.2) is 23.7 Å². The van der Waals surface area contributed by atoms with Gasteiger partial charge in [-0.25, -0.2) is 9.59 Å². The van der Waals surface area contributed by atoms with Crippen LogP contribution in [0.3, 0.4) is 0 Å². The molecule has 0 aliphatic carbocycles. The summed E-state index contributed by atoms with van der Waals surface area (Å²) in [5, 5.41) is 4.96. The second kappa shape index (κ2) is 7.09. The number of urea groups is 1. The van der Waals surface area contributed by atoms with Gasteiger partial charge in [0, 0.05) is 17.6 Å². The molecule has 3 heterocycles.